The molecular weight excluding hydrogens is 294 g/mol. The molecule has 0 atom stereocenters. The monoisotopic (exact) mass is 315 g/mol. The van der Waals surface area contributed by atoms with E-state index in [0.717, 1.165) is 35.5 Å². The Hall–Kier alpha value is -0.740. The van der Waals surface area contributed by atoms with Gasteiger partial charge in [-0.1, -0.05) is 6.92 Å². The van der Waals surface area contributed by atoms with E-state index in [-0.39, 0.29) is 0 Å². The molecule has 0 aromatic heterocycles. The van der Waals surface area contributed by atoms with Crippen LogP contribution in [0.25, 0.3) is 0 Å². The SMILES string of the molecule is CCCNCc1cc(Br)c(OCC)c(OCC)c1. The van der Waals surface area contributed by atoms with Crippen LogP contribution >= 0.6 is 15.9 Å². The third kappa shape index (κ3) is 4.50. The predicted octanol–water partition coefficient (Wildman–Crippen LogP) is 3.75. The summed E-state index contributed by atoms with van der Waals surface area (Å²) in [6.07, 6.45) is 1.14. The van der Waals surface area contributed by atoms with Crippen LogP contribution in [0, 0.1) is 0 Å². The molecule has 0 saturated carbocycles. The largest absolute Gasteiger partial charge is 0.490 e. The summed E-state index contributed by atoms with van der Waals surface area (Å²) in [5.41, 5.74) is 1.20. The summed E-state index contributed by atoms with van der Waals surface area (Å²) in [4.78, 5) is 0. The fourth-order valence-electron chi connectivity index (χ4n) is 1.68. The van der Waals surface area contributed by atoms with Crippen molar-refractivity contribution in [3.8, 4) is 11.5 Å². The van der Waals surface area contributed by atoms with E-state index in [1.165, 1.54) is 5.56 Å². The summed E-state index contributed by atoms with van der Waals surface area (Å²) in [5.74, 6) is 1.60. The van der Waals surface area contributed by atoms with Crippen LogP contribution in [0.4, 0.5) is 0 Å². The second-order valence-corrected chi connectivity index (χ2v) is 4.80. The Labute approximate surface area is 118 Å². The molecule has 18 heavy (non-hydrogen) atoms. The fourth-order valence-corrected chi connectivity index (χ4v) is 2.28. The molecule has 0 saturated heterocycles. The zero-order chi connectivity index (χ0) is 13.4. The molecule has 0 aliphatic rings. The van der Waals surface area contributed by atoms with E-state index in [0.29, 0.717) is 13.2 Å². The van der Waals surface area contributed by atoms with E-state index in [9.17, 15) is 0 Å². The van der Waals surface area contributed by atoms with Gasteiger partial charge in [-0.05, 0) is 60.4 Å². The zero-order valence-corrected chi connectivity index (χ0v) is 13.0. The molecular formula is C14H22BrNO2. The average Bonchev–Trinajstić information content (AvgIpc) is 2.34. The molecule has 1 aromatic carbocycles. The fraction of sp³-hybridized carbons (Fsp3) is 0.571. The van der Waals surface area contributed by atoms with Gasteiger partial charge >= 0.3 is 0 Å². The van der Waals surface area contributed by atoms with Crippen LogP contribution < -0.4 is 14.8 Å². The van der Waals surface area contributed by atoms with Gasteiger partial charge in [0.1, 0.15) is 0 Å². The first kappa shape index (κ1) is 15.3. The van der Waals surface area contributed by atoms with Crippen molar-refractivity contribution in [1.29, 1.82) is 0 Å². The maximum atomic E-state index is 5.63. The molecule has 0 aliphatic carbocycles. The minimum absolute atomic E-state index is 0.631. The zero-order valence-electron chi connectivity index (χ0n) is 11.4. The predicted molar refractivity (Wildman–Crippen MR) is 78.5 cm³/mol. The number of hydrogen-bond donors (Lipinski definition) is 1. The molecule has 1 N–H and O–H groups in total. The van der Waals surface area contributed by atoms with Gasteiger partial charge in [0.2, 0.25) is 0 Å². The van der Waals surface area contributed by atoms with E-state index >= 15 is 0 Å². The Kier molecular flexibility index (Phi) is 7.13. The lowest BCUT2D eigenvalue weighted by atomic mass is 10.2. The molecule has 0 spiro atoms. The lowest BCUT2D eigenvalue weighted by Crippen LogP contribution is -2.14. The van der Waals surface area contributed by atoms with Crippen molar-refractivity contribution in [2.24, 2.45) is 0 Å². The maximum Gasteiger partial charge on any atom is 0.175 e. The smallest absolute Gasteiger partial charge is 0.175 e. The van der Waals surface area contributed by atoms with Crippen LogP contribution in [0.15, 0.2) is 16.6 Å². The molecule has 0 heterocycles. The number of hydrogen-bond acceptors (Lipinski definition) is 3. The van der Waals surface area contributed by atoms with E-state index < -0.39 is 0 Å². The minimum Gasteiger partial charge on any atom is -0.490 e. The first-order valence-electron chi connectivity index (χ1n) is 6.51. The lowest BCUT2D eigenvalue weighted by Gasteiger charge is -2.14. The third-order valence-corrected chi connectivity index (χ3v) is 3.00. The number of rotatable bonds is 8. The summed E-state index contributed by atoms with van der Waals surface area (Å²) in [5, 5.41) is 3.38. The molecule has 0 aliphatic heterocycles. The number of benzene rings is 1. The quantitative estimate of drug-likeness (QED) is 0.741. The third-order valence-electron chi connectivity index (χ3n) is 2.41. The van der Waals surface area contributed by atoms with Crippen molar-refractivity contribution in [1.82, 2.24) is 5.32 Å². The molecule has 0 fully saturated rings. The summed E-state index contributed by atoms with van der Waals surface area (Å²) in [7, 11) is 0. The van der Waals surface area contributed by atoms with E-state index in [1.54, 1.807) is 0 Å². The van der Waals surface area contributed by atoms with Crippen molar-refractivity contribution in [2.45, 2.75) is 33.7 Å². The Morgan fingerprint density at radius 1 is 1.11 bits per heavy atom. The van der Waals surface area contributed by atoms with Crippen LogP contribution in [0.5, 0.6) is 11.5 Å². The Morgan fingerprint density at radius 3 is 2.44 bits per heavy atom. The minimum atomic E-state index is 0.631. The molecule has 1 aromatic rings. The summed E-state index contributed by atoms with van der Waals surface area (Å²) in [6, 6.07) is 4.12. The molecule has 1 rings (SSSR count). The van der Waals surface area contributed by atoms with Crippen molar-refractivity contribution >= 4 is 15.9 Å². The van der Waals surface area contributed by atoms with E-state index in [2.05, 4.69) is 34.2 Å². The van der Waals surface area contributed by atoms with Crippen molar-refractivity contribution < 1.29 is 9.47 Å². The van der Waals surface area contributed by atoms with Gasteiger partial charge < -0.3 is 14.8 Å². The summed E-state index contributed by atoms with van der Waals surface area (Å²) < 4.78 is 12.2. The van der Waals surface area contributed by atoms with Crippen molar-refractivity contribution in [2.75, 3.05) is 19.8 Å². The summed E-state index contributed by atoms with van der Waals surface area (Å²) in [6.45, 7) is 9.25. The van der Waals surface area contributed by atoms with Gasteiger partial charge in [0.05, 0.1) is 17.7 Å². The Morgan fingerprint density at radius 2 is 1.83 bits per heavy atom. The van der Waals surface area contributed by atoms with Gasteiger partial charge in [-0.15, -0.1) is 0 Å². The van der Waals surface area contributed by atoms with Crippen LogP contribution in [0.1, 0.15) is 32.8 Å². The molecule has 3 nitrogen and oxygen atoms in total. The number of halogens is 1. The van der Waals surface area contributed by atoms with E-state index in [4.69, 9.17) is 9.47 Å². The standard InChI is InChI=1S/C14H22BrNO2/c1-4-7-16-10-11-8-12(15)14(18-6-3)13(9-11)17-5-2/h8-9,16H,4-7,10H2,1-3H3. The second kappa shape index (κ2) is 8.38. The Balaban J connectivity index is 2.87. The molecule has 4 heteroatoms. The molecule has 0 bridgehead atoms. The highest BCUT2D eigenvalue weighted by Crippen LogP contribution is 2.36. The van der Waals surface area contributed by atoms with Gasteiger partial charge in [-0.2, -0.15) is 0 Å². The normalized spacial score (nSPS) is 10.4. The maximum absolute atomic E-state index is 5.63. The second-order valence-electron chi connectivity index (χ2n) is 3.95. The first-order valence-corrected chi connectivity index (χ1v) is 7.30. The van der Waals surface area contributed by atoms with E-state index in [1.807, 2.05) is 19.9 Å². The average molecular weight is 316 g/mol. The first-order chi connectivity index (χ1) is 8.72. The van der Waals surface area contributed by atoms with Crippen LogP contribution in [-0.4, -0.2) is 19.8 Å². The van der Waals surface area contributed by atoms with Crippen LogP contribution in [0.2, 0.25) is 0 Å². The summed E-state index contributed by atoms with van der Waals surface area (Å²) >= 11 is 3.55. The molecule has 0 unspecified atom stereocenters. The molecule has 0 amide bonds. The number of nitrogens with one attached hydrogen (secondary N) is 1. The molecule has 102 valence electrons. The van der Waals surface area contributed by atoms with Crippen molar-refractivity contribution in [3.63, 3.8) is 0 Å². The van der Waals surface area contributed by atoms with Gasteiger partial charge in [0.25, 0.3) is 0 Å². The topological polar surface area (TPSA) is 30.5 Å². The highest BCUT2D eigenvalue weighted by molar-refractivity contribution is 9.10. The van der Waals surface area contributed by atoms with Gasteiger partial charge in [0.15, 0.2) is 11.5 Å². The van der Waals surface area contributed by atoms with Gasteiger partial charge in [0, 0.05) is 6.54 Å². The number of ether oxygens (including phenoxy) is 2. The highest BCUT2D eigenvalue weighted by atomic mass is 79.9. The van der Waals surface area contributed by atoms with Crippen LogP contribution in [-0.2, 0) is 6.54 Å². The van der Waals surface area contributed by atoms with Gasteiger partial charge in [-0.3, -0.25) is 0 Å². The van der Waals surface area contributed by atoms with Crippen molar-refractivity contribution in [3.05, 3.63) is 22.2 Å². The Bertz CT molecular complexity index is 369. The van der Waals surface area contributed by atoms with Gasteiger partial charge in [-0.25, -0.2) is 0 Å². The molecule has 0 radical (unpaired) electrons. The lowest BCUT2D eigenvalue weighted by molar-refractivity contribution is 0.286. The van der Waals surface area contributed by atoms with Crippen LogP contribution in [0.3, 0.4) is 0 Å². The highest BCUT2D eigenvalue weighted by Gasteiger charge is 2.11.